The average Bonchev–Trinajstić information content (AvgIpc) is 2.90. The monoisotopic (exact) mass is 551 g/mol. The molecule has 4 aliphatic rings. The molecule has 0 spiro atoms. The molecule has 0 saturated heterocycles. The van der Waals surface area contributed by atoms with Gasteiger partial charge in [-0.1, -0.05) is 78.8 Å². The molecule has 0 aromatic heterocycles. The summed E-state index contributed by atoms with van der Waals surface area (Å²) in [6.45, 7) is 19.1. The van der Waals surface area contributed by atoms with Crippen molar-refractivity contribution >= 4 is 40.2 Å². The van der Waals surface area contributed by atoms with Gasteiger partial charge in [0.05, 0.1) is 0 Å². The lowest BCUT2D eigenvalue weighted by molar-refractivity contribution is 0.332. The van der Waals surface area contributed by atoms with Crippen molar-refractivity contribution in [1.29, 1.82) is 0 Å². The van der Waals surface area contributed by atoms with Crippen molar-refractivity contribution in [3.63, 3.8) is 0 Å². The van der Waals surface area contributed by atoms with E-state index in [-0.39, 0.29) is 23.0 Å². The fourth-order valence-electron chi connectivity index (χ4n) is 8.11. The standard InChI is InChI=1S/C39H42BNO/c1-23-18-33-36-35(19-23)42-34-15-13-25(37(2,3)4)20-30(34)40(36)29-21-27-28(39(7,8)17-16-38(27,5)6)22-32(29)41(33)31-11-9-10-24-12-14-26(24)31/h9-11,13,15,18-22H,12,14,16-17H2,1-8H3. The van der Waals surface area contributed by atoms with Crippen LogP contribution >= 0.6 is 0 Å². The number of rotatable bonds is 1. The minimum absolute atomic E-state index is 0.0587. The SMILES string of the molecule is Cc1cc2c3c(c1)N(c1cccc4c1CC4)c1cc4c(cc1B3c1cc(C(C)(C)C)ccc1O2)C(C)(C)CCC4(C)C. The maximum absolute atomic E-state index is 6.80. The second kappa shape index (κ2) is 8.34. The third-order valence-electron chi connectivity index (χ3n) is 10.9. The fraction of sp³-hybridized carbons (Fsp3) is 0.385. The van der Waals surface area contributed by atoms with Crippen LogP contribution in [0.25, 0.3) is 0 Å². The first-order valence-corrected chi connectivity index (χ1v) is 15.9. The Labute approximate surface area is 252 Å². The van der Waals surface area contributed by atoms with Gasteiger partial charge < -0.3 is 9.64 Å². The van der Waals surface area contributed by atoms with E-state index in [1.54, 1.807) is 0 Å². The molecule has 2 heterocycles. The molecule has 4 aromatic carbocycles. The van der Waals surface area contributed by atoms with Crippen LogP contribution in [0.1, 0.15) is 94.7 Å². The largest absolute Gasteiger partial charge is 0.458 e. The summed E-state index contributed by atoms with van der Waals surface area (Å²) < 4.78 is 6.80. The minimum atomic E-state index is 0.0587. The highest BCUT2D eigenvalue weighted by Crippen LogP contribution is 2.50. The van der Waals surface area contributed by atoms with E-state index >= 15 is 0 Å². The second-order valence-corrected chi connectivity index (χ2v) is 15.7. The van der Waals surface area contributed by atoms with Gasteiger partial charge in [0.1, 0.15) is 11.5 Å². The lowest BCUT2D eigenvalue weighted by atomic mass is 9.33. The third-order valence-corrected chi connectivity index (χ3v) is 10.9. The molecule has 0 saturated carbocycles. The molecule has 42 heavy (non-hydrogen) atoms. The van der Waals surface area contributed by atoms with Crippen molar-refractivity contribution in [2.75, 3.05) is 4.90 Å². The van der Waals surface area contributed by atoms with E-state index in [2.05, 4.69) is 121 Å². The summed E-state index contributed by atoms with van der Waals surface area (Å²) in [4.78, 5) is 2.61. The van der Waals surface area contributed by atoms with Crippen LogP contribution in [0.5, 0.6) is 11.5 Å². The predicted octanol–water partition coefficient (Wildman–Crippen LogP) is 8.15. The predicted molar refractivity (Wildman–Crippen MR) is 178 cm³/mol. The summed E-state index contributed by atoms with van der Waals surface area (Å²) in [5, 5.41) is 0. The molecule has 4 aromatic rings. The van der Waals surface area contributed by atoms with E-state index in [1.807, 2.05) is 0 Å². The van der Waals surface area contributed by atoms with Gasteiger partial charge in [-0.3, -0.25) is 0 Å². The van der Waals surface area contributed by atoms with Gasteiger partial charge in [0.2, 0.25) is 0 Å². The van der Waals surface area contributed by atoms with E-state index in [1.165, 1.54) is 86.1 Å². The molecule has 2 nitrogen and oxygen atoms in total. The zero-order valence-corrected chi connectivity index (χ0v) is 26.5. The van der Waals surface area contributed by atoms with Crippen molar-refractivity contribution in [1.82, 2.24) is 0 Å². The van der Waals surface area contributed by atoms with Crippen molar-refractivity contribution in [3.05, 3.63) is 94.0 Å². The molecule has 212 valence electrons. The normalized spacial score (nSPS) is 18.6. The Kier molecular flexibility index (Phi) is 5.20. The molecular formula is C39H42BNO. The van der Waals surface area contributed by atoms with Crippen LogP contribution in [0.3, 0.4) is 0 Å². The molecule has 0 atom stereocenters. The summed E-state index contributed by atoms with van der Waals surface area (Å²) in [5.41, 5.74) is 17.0. The van der Waals surface area contributed by atoms with E-state index < -0.39 is 0 Å². The summed E-state index contributed by atoms with van der Waals surface area (Å²) in [7, 11) is 0. The second-order valence-electron chi connectivity index (χ2n) is 15.7. The van der Waals surface area contributed by atoms with Gasteiger partial charge in [-0.05, 0) is 129 Å². The van der Waals surface area contributed by atoms with Crippen molar-refractivity contribution in [2.45, 2.75) is 97.3 Å². The molecule has 0 unspecified atom stereocenters. The number of hydrogen-bond donors (Lipinski definition) is 0. The molecule has 3 heteroatoms. The third kappa shape index (κ3) is 3.58. The van der Waals surface area contributed by atoms with Crippen molar-refractivity contribution in [2.24, 2.45) is 0 Å². The van der Waals surface area contributed by atoms with E-state index in [4.69, 9.17) is 4.74 Å². The number of ether oxygens (including phenoxy) is 1. The first-order chi connectivity index (χ1) is 19.8. The lowest BCUT2D eigenvalue weighted by Crippen LogP contribution is -2.60. The van der Waals surface area contributed by atoms with Crippen LogP contribution < -0.4 is 26.0 Å². The molecule has 0 amide bonds. The molecule has 2 aliphatic heterocycles. The average molecular weight is 552 g/mol. The van der Waals surface area contributed by atoms with Crippen molar-refractivity contribution in [3.8, 4) is 11.5 Å². The van der Waals surface area contributed by atoms with Crippen LogP contribution in [0, 0.1) is 6.92 Å². The number of fused-ring (bicyclic) bond motifs is 6. The maximum Gasteiger partial charge on any atom is 0.256 e. The Morgan fingerprint density at radius 1 is 0.738 bits per heavy atom. The highest BCUT2D eigenvalue weighted by Gasteiger charge is 2.46. The lowest BCUT2D eigenvalue weighted by Gasteiger charge is -2.46. The quantitative estimate of drug-likeness (QED) is 0.191. The molecule has 0 fully saturated rings. The maximum atomic E-state index is 6.80. The molecule has 0 bridgehead atoms. The minimum Gasteiger partial charge on any atom is -0.458 e. The summed E-state index contributed by atoms with van der Waals surface area (Å²) in [6, 6.07) is 23.7. The Balaban J connectivity index is 1.49. The van der Waals surface area contributed by atoms with Gasteiger partial charge in [-0.15, -0.1) is 0 Å². The molecular weight excluding hydrogens is 509 g/mol. The highest BCUT2D eigenvalue weighted by molar-refractivity contribution is 6.99. The number of anilines is 3. The van der Waals surface area contributed by atoms with E-state index in [0.29, 0.717) is 0 Å². The van der Waals surface area contributed by atoms with Gasteiger partial charge in [0.15, 0.2) is 0 Å². The molecule has 0 radical (unpaired) electrons. The molecule has 0 N–H and O–H groups in total. The molecule has 2 aliphatic carbocycles. The topological polar surface area (TPSA) is 12.5 Å². The number of hydrogen-bond acceptors (Lipinski definition) is 2. The summed E-state index contributed by atoms with van der Waals surface area (Å²) >= 11 is 0. The summed E-state index contributed by atoms with van der Waals surface area (Å²) in [5.74, 6) is 2.01. The van der Waals surface area contributed by atoms with Crippen molar-refractivity contribution < 1.29 is 4.74 Å². The zero-order valence-electron chi connectivity index (χ0n) is 26.5. The van der Waals surface area contributed by atoms with Gasteiger partial charge in [0, 0.05) is 17.1 Å². The Morgan fingerprint density at radius 2 is 1.48 bits per heavy atom. The highest BCUT2D eigenvalue weighted by atomic mass is 16.5. The number of aryl methyl sites for hydroxylation is 2. The van der Waals surface area contributed by atoms with Crippen LogP contribution in [-0.2, 0) is 29.1 Å². The van der Waals surface area contributed by atoms with Gasteiger partial charge in [-0.25, -0.2) is 0 Å². The molecule has 8 rings (SSSR count). The van der Waals surface area contributed by atoms with Crippen LogP contribution in [-0.4, -0.2) is 6.71 Å². The van der Waals surface area contributed by atoms with Crippen LogP contribution in [0.4, 0.5) is 17.1 Å². The van der Waals surface area contributed by atoms with Gasteiger partial charge >= 0.3 is 0 Å². The Morgan fingerprint density at radius 3 is 2.17 bits per heavy atom. The van der Waals surface area contributed by atoms with E-state index in [9.17, 15) is 0 Å². The zero-order chi connectivity index (χ0) is 29.3. The summed E-state index contributed by atoms with van der Waals surface area (Å²) in [6.07, 6.45) is 4.74. The smallest absolute Gasteiger partial charge is 0.256 e. The van der Waals surface area contributed by atoms with E-state index in [0.717, 1.165) is 17.9 Å². The van der Waals surface area contributed by atoms with Gasteiger partial charge in [-0.2, -0.15) is 0 Å². The van der Waals surface area contributed by atoms with Crippen LogP contribution in [0.2, 0.25) is 0 Å². The van der Waals surface area contributed by atoms with Gasteiger partial charge in [0.25, 0.3) is 6.71 Å². The fourth-order valence-corrected chi connectivity index (χ4v) is 8.11. The Hall–Kier alpha value is -3.46. The number of benzene rings is 4. The van der Waals surface area contributed by atoms with Crippen LogP contribution in [0.15, 0.2) is 60.7 Å². The Bertz CT molecular complexity index is 1820. The first-order valence-electron chi connectivity index (χ1n) is 15.9. The first kappa shape index (κ1) is 26.2. The number of nitrogens with zero attached hydrogens (tertiary/aromatic N) is 1.